The third kappa shape index (κ3) is 6.08. The molecule has 1 aromatic carbocycles. The summed E-state index contributed by atoms with van der Waals surface area (Å²) in [6, 6.07) is 8.88. The molecule has 0 aliphatic heterocycles. The first-order chi connectivity index (χ1) is 9.17. The average molecular weight is 264 g/mol. The topological polar surface area (TPSA) is 24.5 Å². The number of benzene rings is 1. The van der Waals surface area contributed by atoms with Crippen LogP contribution in [0.25, 0.3) is 0 Å². The van der Waals surface area contributed by atoms with Crippen LogP contribution in [0.4, 0.5) is 0 Å². The Morgan fingerprint density at radius 2 is 2.05 bits per heavy atom. The van der Waals surface area contributed by atoms with E-state index in [2.05, 4.69) is 56.4 Å². The maximum atomic E-state index is 5.82. The second-order valence-corrected chi connectivity index (χ2v) is 5.10. The number of rotatable bonds is 9. The molecule has 0 bridgehead atoms. The molecule has 1 rings (SSSR count). The van der Waals surface area contributed by atoms with Crippen LogP contribution in [-0.4, -0.2) is 38.7 Å². The standard InChI is InChI=1S/C16H28N2O/c1-5-16(17-6-2)14-9-7-10-15(13-14)19-12-8-11-18(3)4/h7,9-10,13,16-17H,5-6,8,11-12H2,1-4H3. The average Bonchev–Trinajstić information content (AvgIpc) is 2.41. The van der Waals surface area contributed by atoms with Gasteiger partial charge in [-0.25, -0.2) is 0 Å². The second-order valence-electron chi connectivity index (χ2n) is 5.10. The first-order valence-electron chi connectivity index (χ1n) is 7.28. The van der Waals surface area contributed by atoms with E-state index in [-0.39, 0.29) is 0 Å². The fourth-order valence-corrected chi connectivity index (χ4v) is 2.14. The third-order valence-electron chi connectivity index (χ3n) is 3.14. The van der Waals surface area contributed by atoms with Gasteiger partial charge in [0.25, 0.3) is 0 Å². The predicted molar refractivity (Wildman–Crippen MR) is 81.8 cm³/mol. The van der Waals surface area contributed by atoms with E-state index >= 15 is 0 Å². The van der Waals surface area contributed by atoms with E-state index in [4.69, 9.17) is 4.74 Å². The molecule has 0 aliphatic rings. The number of nitrogens with one attached hydrogen (secondary N) is 1. The van der Waals surface area contributed by atoms with Crippen molar-refractivity contribution < 1.29 is 4.74 Å². The Morgan fingerprint density at radius 3 is 2.68 bits per heavy atom. The van der Waals surface area contributed by atoms with E-state index in [1.807, 2.05) is 6.07 Å². The zero-order valence-electron chi connectivity index (χ0n) is 12.8. The molecule has 0 amide bonds. The van der Waals surface area contributed by atoms with E-state index in [1.54, 1.807) is 0 Å². The smallest absolute Gasteiger partial charge is 0.119 e. The Bertz CT molecular complexity index is 352. The van der Waals surface area contributed by atoms with Gasteiger partial charge in [0.2, 0.25) is 0 Å². The zero-order valence-corrected chi connectivity index (χ0v) is 12.8. The molecular formula is C16H28N2O. The largest absolute Gasteiger partial charge is 0.494 e. The highest BCUT2D eigenvalue weighted by atomic mass is 16.5. The molecule has 108 valence electrons. The molecule has 0 aromatic heterocycles. The molecule has 0 aliphatic carbocycles. The molecule has 3 heteroatoms. The van der Waals surface area contributed by atoms with Crippen molar-refractivity contribution in [3.63, 3.8) is 0 Å². The van der Waals surface area contributed by atoms with Crippen molar-refractivity contribution in [1.82, 2.24) is 10.2 Å². The molecule has 1 atom stereocenters. The molecule has 19 heavy (non-hydrogen) atoms. The van der Waals surface area contributed by atoms with Crippen molar-refractivity contribution in [2.24, 2.45) is 0 Å². The summed E-state index contributed by atoms with van der Waals surface area (Å²) in [5.74, 6) is 0.979. The fourth-order valence-electron chi connectivity index (χ4n) is 2.14. The SMILES string of the molecule is CCNC(CC)c1cccc(OCCCN(C)C)c1. The van der Waals surface area contributed by atoms with Crippen LogP contribution in [0.1, 0.15) is 38.3 Å². The highest BCUT2D eigenvalue weighted by Gasteiger charge is 2.08. The lowest BCUT2D eigenvalue weighted by Crippen LogP contribution is -2.20. The molecule has 0 saturated carbocycles. The molecule has 0 radical (unpaired) electrons. The monoisotopic (exact) mass is 264 g/mol. The van der Waals surface area contributed by atoms with Gasteiger partial charge in [0, 0.05) is 12.6 Å². The number of hydrogen-bond acceptors (Lipinski definition) is 3. The van der Waals surface area contributed by atoms with E-state index in [0.717, 1.165) is 38.3 Å². The van der Waals surface area contributed by atoms with Crippen molar-refractivity contribution in [2.75, 3.05) is 33.8 Å². The lowest BCUT2D eigenvalue weighted by atomic mass is 10.0. The highest BCUT2D eigenvalue weighted by Crippen LogP contribution is 2.21. The Hall–Kier alpha value is -1.06. The summed E-state index contributed by atoms with van der Waals surface area (Å²) in [5.41, 5.74) is 1.31. The molecular weight excluding hydrogens is 236 g/mol. The van der Waals surface area contributed by atoms with Crippen LogP contribution in [0.5, 0.6) is 5.75 Å². The molecule has 0 heterocycles. The predicted octanol–water partition coefficient (Wildman–Crippen LogP) is 3.08. The van der Waals surface area contributed by atoms with Crippen LogP contribution in [-0.2, 0) is 0 Å². The molecule has 1 N–H and O–H groups in total. The van der Waals surface area contributed by atoms with Gasteiger partial charge in [-0.2, -0.15) is 0 Å². The minimum Gasteiger partial charge on any atom is -0.494 e. The zero-order chi connectivity index (χ0) is 14.1. The summed E-state index contributed by atoms with van der Waals surface area (Å²) in [4.78, 5) is 2.18. The van der Waals surface area contributed by atoms with Crippen LogP contribution in [0.3, 0.4) is 0 Å². The second kappa shape index (κ2) is 8.94. The summed E-state index contributed by atoms with van der Waals surface area (Å²) in [5, 5.41) is 3.50. The van der Waals surface area contributed by atoms with Gasteiger partial charge < -0.3 is 15.0 Å². The van der Waals surface area contributed by atoms with Crippen LogP contribution in [0.15, 0.2) is 24.3 Å². The molecule has 1 unspecified atom stereocenters. The van der Waals surface area contributed by atoms with Crippen molar-refractivity contribution in [3.8, 4) is 5.75 Å². The van der Waals surface area contributed by atoms with Gasteiger partial charge in [0.05, 0.1) is 6.61 Å². The molecule has 3 nitrogen and oxygen atoms in total. The van der Waals surface area contributed by atoms with Crippen LogP contribution >= 0.6 is 0 Å². The molecule has 1 aromatic rings. The molecule has 0 fully saturated rings. The van der Waals surface area contributed by atoms with Gasteiger partial charge in [0.15, 0.2) is 0 Å². The third-order valence-corrected chi connectivity index (χ3v) is 3.14. The van der Waals surface area contributed by atoms with Crippen molar-refractivity contribution >= 4 is 0 Å². The number of ether oxygens (including phenoxy) is 1. The van der Waals surface area contributed by atoms with E-state index in [0.29, 0.717) is 6.04 Å². The van der Waals surface area contributed by atoms with E-state index < -0.39 is 0 Å². The van der Waals surface area contributed by atoms with E-state index in [1.165, 1.54) is 5.56 Å². The van der Waals surface area contributed by atoms with Crippen LogP contribution in [0, 0.1) is 0 Å². The number of hydrogen-bond donors (Lipinski definition) is 1. The summed E-state index contributed by atoms with van der Waals surface area (Å²) in [6.07, 6.45) is 2.15. The van der Waals surface area contributed by atoms with Gasteiger partial charge >= 0.3 is 0 Å². The quantitative estimate of drug-likeness (QED) is 0.694. The van der Waals surface area contributed by atoms with Crippen molar-refractivity contribution in [1.29, 1.82) is 0 Å². The fraction of sp³-hybridized carbons (Fsp3) is 0.625. The van der Waals surface area contributed by atoms with Gasteiger partial charge in [-0.1, -0.05) is 26.0 Å². The Kier molecular flexibility index (Phi) is 7.53. The van der Waals surface area contributed by atoms with Gasteiger partial charge in [-0.3, -0.25) is 0 Å². The summed E-state index contributed by atoms with van der Waals surface area (Å²) in [6.45, 7) is 7.18. The first-order valence-corrected chi connectivity index (χ1v) is 7.28. The molecule has 0 spiro atoms. The lowest BCUT2D eigenvalue weighted by Gasteiger charge is -2.17. The highest BCUT2D eigenvalue weighted by molar-refractivity contribution is 5.30. The van der Waals surface area contributed by atoms with Crippen molar-refractivity contribution in [2.45, 2.75) is 32.7 Å². The van der Waals surface area contributed by atoms with Gasteiger partial charge in [-0.15, -0.1) is 0 Å². The van der Waals surface area contributed by atoms with Crippen molar-refractivity contribution in [3.05, 3.63) is 29.8 Å². The Balaban J connectivity index is 2.51. The minimum absolute atomic E-state index is 0.426. The normalized spacial score (nSPS) is 12.7. The lowest BCUT2D eigenvalue weighted by molar-refractivity contribution is 0.281. The summed E-state index contributed by atoms with van der Waals surface area (Å²) >= 11 is 0. The summed E-state index contributed by atoms with van der Waals surface area (Å²) < 4.78 is 5.82. The number of nitrogens with zero attached hydrogens (tertiary/aromatic N) is 1. The first kappa shape index (κ1) is 16.0. The Morgan fingerprint density at radius 1 is 1.26 bits per heavy atom. The molecule has 0 saturated heterocycles. The van der Waals surface area contributed by atoms with Gasteiger partial charge in [0.1, 0.15) is 5.75 Å². The van der Waals surface area contributed by atoms with Gasteiger partial charge in [-0.05, 0) is 51.2 Å². The Labute approximate surface area is 118 Å². The maximum Gasteiger partial charge on any atom is 0.119 e. The maximum absolute atomic E-state index is 5.82. The minimum atomic E-state index is 0.426. The van der Waals surface area contributed by atoms with E-state index in [9.17, 15) is 0 Å². The van der Waals surface area contributed by atoms with Crippen LogP contribution in [0.2, 0.25) is 0 Å². The summed E-state index contributed by atoms with van der Waals surface area (Å²) in [7, 11) is 4.17. The van der Waals surface area contributed by atoms with Crippen LogP contribution < -0.4 is 10.1 Å².